The van der Waals surface area contributed by atoms with Crippen molar-refractivity contribution < 1.29 is 4.74 Å². The monoisotopic (exact) mass is 403 g/mol. The van der Waals surface area contributed by atoms with Crippen molar-refractivity contribution >= 4 is 34.5 Å². The summed E-state index contributed by atoms with van der Waals surface area (Å²) in [5, 5.41) is 4.33. The largest absolute Gasteiger partial charge is 0.497 e. The van der Waals surface area contributed by atoms with Crippen molar-refractivity contribution in [3.8, 4) is 5.75 Å². The minimum atomic E-state index is -0.144. The first-order chi connectivity index (χ1) is 14.0. The highest BCUT2D eigenvalue weighted by molar-refractivity contribution is 7.15. The number of nitrogens with zero attached hydrogens (tertiary/aromatic N) is 3. The smallest absolute Gasteiger partial charge is 0.291 e. The molecule has 0 saturated carbocycles. The van der Waals surface area contributed by atoms with Gasteiger partial charge in [-0.25, -0.2) is 0 Å². The molecule has 0 aliphatic carbocycles. The molecule has 0 atom stereocenters. The highest BCUT2D eigenvalue weighted by atomic mass is 32.1. The van der Waals surface area contributed by atoms with Crippen LogP contribution in [0.25, 0.3) is 23.2 Å². The van der Waals surface area contributed by atoms with Crippen molar-refractivity contribution in [3.05, 3.63) is 85.9 Å². The van der Waals surface area contributed by atoms with Crippen molar-refractivity contribution in [1.82, 2.24) is 14.6 Å². The summed E-state index contributed by atoms with van der Waals surface area (Å²) in [6.45, 7) is 4.32. The van der Waals surface area contributed by atoms with E-state index in [0.717, 1.165) is 16.9 Å². The van der Waals surface area contributed by atoms with Gasteiger partial charge in [0.15, 0.2) is 5.82 Å². The lowest BCUT2D eigenvalue weighted by atomic mass is 10.0. The molecule has 4 rings (SSSR count). The number of benzene rings is 2. The van der Waals surface area contributed by atoms with Crippen molar-refractivity contribution in [1.29, 1.82) is 0 Å². The third-order valence-corrected chi connectivity index (χ3v) is 5.60. The van der Waals surface area contributed by atoms with Crippen LogP contribution < -0.4 is 14.8 Å². The number of hydrogen-bond donors (Lipinski definition) is 0. The highest BCUT2D eigenvalue weighted by Gasteiger charge is 2.09. The second kappa shape index (κ2) is 8.01. The molecule has 0 radical (unpaired) electrons. The molecule has 0 amide bonds. The van der Waals surface area contributed by atoms with Crippen molar-refractivity contribution in [2.45, 2.75) is 19.8 Å². The predicted octanol–water partition coefficient (Wildman–Crippen LogP) is 4.00. The summed E-state index contributed by atoms with van der Waals surface area (Å²) < 4.78 is 7.15. The number of thiazole rings is 1. The lowest BCUT2D eigenvalue weighted by molar-refractivity contribution is 0.415. The molecule has 2 aromatic carbocycles. The molecule has 0 aliphatic heterocycles. The third kappa shape index (κ3) is 4.12. The van der Waals surface area contributed by atoms with Gasteiger partial charge in [0.1, 0.15) is 5.75 Å². The van der Waals surface area contributed by atoms with Crippen LogP contribution in [0.15, 0.2) is 53.3 Å². The fraction of sp³-hybridized carbons (Fsp3) is 0.174. The number of hydrogen-bond acceptors (Lipinski definition) is 5. The Morgan fingerprint density at radius 1 is 1.00 bits per heavy atom. The molecular weight excluding hydrogens is 382 g/mol. The molecule has 0 fully saturated rings. The van der Waals surface area contributed by atoms with Gasteiger partial charge in [-0.15, -0.1) is 5.10 Å². The molecule has 6 heteroatoms. The number of fused-ring (bicyclic) bond motifs is 1. The van der Waals surface area contributed by atoms with Gasteiger partial charge in [-0.1, -0.05) is 67.7 Å². The first-order valence-corrected chi connectivity index (χ1v) is 10.2. The van der Waals surface area contributed by atoms with Gasteiger partial charge in [-0.2, -0.15) is 9.50 Å². The van der Waals surface area contributed by atoms with Gasteiger partial charge in [0.25, 0.3) is 5.56 Å². The van der Waals surface area contributed by atoms with Gasteiger partial charge >= 0.3 is 0 Å². The Bertz CT molecular complexity index is 1270. The van der Waals surface area contributed by atoms with Crippen molar-refractivity contribution in [2.75, 3.05) is 7.11 Å². The van der Waals surface area contributed by atoms with E-state index >= 15 is 0 Å². The Labute approximate surface area is 172 Å². The summed E-state index contributed by atoms with van der Waals surface area (Å²) in [5.74, 6) is 1.80. The zero-order chi connectivity index (χ0) is 20.4. The van der Waals surface area contributed by atoms with E-state index in [1.54, 1.807) is 13.2 Å². The number of ether oxygens (including phenoxy) is 1. The highest BCUT2D eigenvalue weighted by Crippen LogP contribution is 2.15. The zero-order valence-electron chi connectivity index (χ0n) is 16.5. The molecule has 2 aromatic heterocycles. The minimum Gasteiger partial charge on any atom is -0.497 e. The maximum atomic E-state index is 12.7. The topological polar surface area (TPSA) is 56.5 Å². The molecule has 2 heterocycles. The van der Waals surface area contributed by atoms with Crippen molar-refractivity contribution in [2.24, 2.45) is 0 Å². The predicted molar refractivity (Wildman–Crippen MR) is 118 cm³/mol. The summed E-state index contributed by atoms with van der Waals surface area (Å²) in [7, 11) is 1.64. The Morgan fingerprint density at radius 2 is 1.69 bits per heavy atom. The molecule has 0 N–H and O–H groups in total. The molecule has 146 valence electrons. The van der Waals surface area contributed by atoms with Gasteiger partial charge < -0.3 is 4.74 Å². The van der Waals surface area contributed by atoms with Crippen LogP contribution in [0.1, 0.15) is 42.3 Å². The molecule has 5 nitrogen and oxygen atoms in total. The Hall–Kier alpha value is -3.25. The Balaban J connectivity index is 1.60. The standard InChI is InChI=1S/C23H21N3O2S/c1-15(2)18-9-4-17(5-10-18)14-20-22(27)26-23(29-20)24-21(25-26)13-8-16-6-11-19(28-3)12-7-16/h4-15H,1-3H3. The summed E-state index contributed by atoms with van der Waals surface area (Å²) >= 11 is 1.35. The van der Waals surface area contributed by atoms with Gasteiger partial charge in [-0.3, -0.25) is 4.79 Å². The van der Waals surface area contributed by atoms with E-state index in [9.17, 15) is 4.79 Å². The molecule has 0 aliphatic rings. The molecular formula is C23H21N3O2S. The quantitative estimate of drug-likeness (QED) is 0.505. The zero-order valence-corrected chi connectivity index (χ0v) is 17.3. The first kappa shape index (κ1) is 19.1. The number of rotatable bonds is 5. The van der Waals surface area contributed by atoms with Crippen LogP contribution in [0.5, 0.6) is 5.75 Å². The maximum absolute atomic E-state index is 12.7. The summed E-state index contributed by atoms with van der Waals surface area (Å²) in [5.41, 5.74) is 3.13. The maximum Gasteiger partial charge on any atom is 0.291 e. The summed E-state index contributed by atoms with van der Waals surface area (Å²) in [6.07, 6.45) is 5.60. The van der Waals surface area contributed by atoms with E-state index in [0.29, 0.717) is 21.2 Å². The Kier molecular flexibility index (Phi) is 5.27. The summed E-state index contributed by atoms with van der Waals surface area (Å²) in [6, 6.07) is 15.9. The van der Waals surface area contributed by atoms with Crippen LogP contribution in [-0.2, 0) is 0 Å². The van der Waals surface area contributed by atoms with E-state index in [2.05, 4.69) is 36.1 Å². The van der Waals surface area contributed by atoms with Crippen LogP contribution >= 0.6 is 11.3 Å². The summed E-state index contributed by atoms with van der Waals surface area (Å²) in [4.78, 5) is 17.7. The van der Waals surface area contributed by atoms with Crippen molar-refractivity contribution in [3.63, 3.8) is 0 Å². The van der Waals surface area contributed by atoms with Crippen LogP contribution in [-0.4, -0.2) is 21.7 Å². The van der Waals surface area contributed by atoms with E-state index < -0.39 is 0 Å². The first-order valence-electron chi connectivity index (χ1n) is 9.37. The lowest BCUT2D eigenvalue weighted by Crippen LogP contribution is -2.23. The lowest BCUT2D eigenvalue weighted by Gasteiger charge is -2.04. The average molecular weight is 404 g/mol. The fourth-order valence-corrected chi connectivity index (χ4v) is 3.85. The minimum absolute atomic E-state index is 0.144. The van der Waals surface area contributed by atoms with Crippen LogP contribution in [0, 0.1) is 0 Å². The Morgan fingerprint density at radius 3 is 2.31 bits per heavy atom. The molecule has 4 aromatic rings. The van der Waals surface area contributed by atoms with Crippen LogP contribution in [0.4, 0.5) is 0 Å². The molecule has 0 unspecified atom stereocenters. The second-order valence-electron chi connectivity index (χ2n) is 7.01. The number of methoxy groups -OCH3 is 1. The van der Waals surface area contributed by atoms with Crippen LogP contribution in [0.2, 0.25) is 0 Å². The normalized spacial score (nSPS) is 12.5. The molecule has 0 bridgehead atoms. The van der Waals surface area contributed by atoms with Crippen LogP contribution in [0.3, 0.4) is 0 Å². The van der Waals surface area contributed by atoms with E-state index in [-0.39, 0.29) is 5.56 Å². The SMILES string of the molecule is COc1ccc(C=Cc2nc3sc(=Cc4ccc(C(C)C)cc4)c(=O)n3n2)cc1. The fourth-order valence-electron chi connectivity index (χ4n) is 2.93. The molecule has 0 saturated heterocycles. The second-order valence-corrected chi connectivity index (χ2v) is 8.02. The van der Waals surface area contributed by atoms with E-state index in [4.69, 9.17) is 4.74 Å². The van der Waals surface area contributed by atoms with E-state index in [1.807, 2.05) is 48.6 Å². The molecule has 29 heavy (non-hydrogen) atoms. The van der Waals surface area contributed by atoms with Gasteiger partial charge in [0.05, 0.1) is 11.6 Å². The number of aromatic nitrogens is 3. The van der Waals surface area contributed by atoms with E-state index in [1.165, 1.54) is 21.4 Å². The third-order valence-electron chi connectivity index (χ3n) is 4.64. The van der Waals surface area contributed by atoms with Gasteiger partial charge in [0.2, 0.25) is 4.96 Å². The molecule has 0 spiro atoms. The van der Waals surface area contributed by atoms with Gasteiger partial charge in [-0.05, 0) is 46.9 Å². The average Bonchev–Trinajstić information content (AvgIpc) is 3.26. The van der Waals surface area contributed by atoms with Gasteiger partial charge in [0, 0.05) is 0 Å².